The van der Waals surface area contributed by atoms with Crippen LogP contribution in [-0.4, -0.2) is 57.0 Å². The highest BCUT2D eigenvalue weighted by Crippen LogP contribution is 2.28. The number of nitrogens with zero attached hydrogens (tertiary/aromatic N) is 1. The second-order valence-corrected chi connectivity index (χ2v) is 5.35. The summed E-state index contributed by atoms with van der Waals surface area (Å²) in [5.74, 6) is 0.851. The molecule has 100 valence electrons. The second kappa shape index (κ2) is 6.69. The maximum atomic E-state index is 5.85. The molecule has 0 aromatic heterocycles. The van der Waals surface area contributed by atoms with Crippen molar-refractivity contribution in [1.29, 1.82) is 0 Å². The van der Waals surface area contributed by atoms with E-state index in [4.69, 9.17) is 15.2 Å². The van der Waals surface area contributed by atoms with E-state index in [1.165, 1.54) is 19.3 Å². The van der Waals surface area contributed by atoms with Crippen LogP contribution in [0.4, 0.5) is 0 Å². The molecule has 2 rings (SSSR count). The number of hydrogen-bond donors (Lipinski definition) is 1. The maximum Gasteiger partial charge on any atom is 0.0743 e. The van der Waals surface area contributed by atoms with Crippen LogP contribution in [0.25, 0.3) is 0 Å². The van der Waals surface area contributed by atoms with E-state index in [2.05, 4.69) is 11.9 Å². The van der Waals surface area contributed by atoms with Gasteiger partial charge in [0.15, 0.2) is 0 Å². The Morgan fingerprint density at radius 1 is 1.41 bits per heavy atom. The molecule has 17 heavy (non-hydrogen) atoms. The van der Waals surface area contributed by atoms with E-state index in [-0.39, 0.29) is 0 Å². The van der Waals surface area contributed by atoms with Crippen LogP contribution in [0.3, 0.4) is 0 Å². The number of ether oxygens (including phenoxy) is 2. The zero-order valence-corrected chi connectivity index (χ0v) is 10.9. The first-order chi connectivity index (χ1) is 8.31. The Morgan fingerprint density at radius 2 is 2.24 bits per heavy atom. The molecule has 2 N–H and O–H groups in total. The van der Waals surface area contributed by atoms with Crippen molar-refractivity contribution in [1.82, 2.24) is 4.90 Å². The molecule has 0 aromatic carbocycles. The Hall–Kier alpha value is -0.160. The highest BCUT2D eigenvalue weighted by molar-refractivity contribution is 4.82. The van der Waals surface area contributed by atoms with Gasteiger partial charge in [-0.05, 0) is 38.6 Å². The fourth-order valence-corrected chi connectivity index (χ4v) is 2.43. The standard InChI is InChI=1S/C13H26N2O2/c1-15(6-8-16-10-11-4-5-11)12(9-14)13-3-2-7-17-13/h11-13H,2-10,14H2,1H3. The molecular weight excluding hydrogens is 216 g/mol. The summed E-state index contributed by atoms with van der Waals surface area (Å²) in [6.07, 6.45) is 5.37. The molecule has 0 bridgehead atoms. The molecule has 1 aliphatic carbocycles. The summed E-state index contributed by atoms with van der Waals surface area (Å²) < 4.78 is 11.4. The van der Waals surface area contributed by atoms with Crippen molar-refractivity contribution in [2.75, 3.05) is 40.0 Å². The fraction of sp³-hybridized carbons (Fsp3) is 1.00. The van der Waals surface area contributed by atoms with Gasteiger partial charge in [0.1, 0.15) is 0 Å². The summed E-state index contributed by atoms with van der Waals surface area (Å²) in [5.41, 5.74) is 5.85. The Bertz CT molecular complexity index is 215. The van der Waals surface area contributed by atoms with Crippen LogP contribution >= 0.6 is 0 Å². The second-order valence-electron chi connectivity index (χ2n) is 5.35. The predicted octanol–water partition coefficient (Wildman–Crippen LogP) is 0.851. The molecule has 1 heterocycles. The molecule has 1 aliphatic heterocycles. The van der Waals surface area contributed by atoms with Crippen LogP contribution in [-0.2, 0) is 9.47 Å². The Morgan fingerprint density at radius 3 is 2.82 bits per heavy atom. The average molecular weight is 242 g/mol. The Balaban J connectivity index is 1.62. The molecule has 2 atom stereocenters. The highest BCUT2D eigenvalue weighted by atomic mass is 16.5. The predicted molar refractivity (Wildman–Crippen MR) is 68.0 cm³/mol. The monoisotopic (exact) mass is 242 g/mol. The van der Waals surface area contributed by atoms with Gasteiger partial charge in [-0.3, -0.25) is 4.90 Å². The Labute approximate surface area is 104 Å². The average Bonchev–Trinajstić information content (AvgIpc) is 3.00. The largest absolute Gasteiger partial charge is 0.380 e. The lowest BCUT2D eigenvalue weighted by Crippen LogP contribution is -2.47. The van der Waals surface area contributed by atoms with Gasteiger partial charge in [0.25, 0.3) is 0 Å². The third kappa shape index (κ3) is 4.21. The van der Waals surface area contributed by atoms with Crippen molar-refractivity contribution >= 4 is 0 Å². The van der Waals surface area contributed by atoms with Crippen molar-refractivity contribution in [2.45, 2.75) is 37.8 Å². The van der Waals surface area contributed by atoms with Gasteiger partial charge < -0.3 is 15.2 Å². The topological polar surface area (TPSA) is 47.7 Å². The highest BCUT2D eigenvalue weighted by Gasteiger charge is 2.28. The summed E-state index contributed by atoms with van der Waals surface area (Å²) in [5, 5.41) is 0. The first-order valence-corrected chi connectivity index (χ1v) is 6.91. The fourth-order valence-electron chi connectivity index (χ4n) is 2.43. The molecule has 0 amide bonds. The number of rotatable bonds is 8. The summed E-state index contributed by atoms with van der Waals surface area (Å²) >= 11 is 0. The van der Waals surface area contributed by atoms with Crippen molar-refractivity contribution < 1.29 is 9.47 Å². The number of likely N-dealkylation sites (N-methyl/N-ethyl adjacent to an activating group) is 1. The van der Waals surface area contributed by atoms with Crippen LogP contribution in [0.2, 0.25) is 0 Å². The van der Waals surface area contributed by atoms with Crippen molar-refractivity contribution in [3.63, 3.8) is 0 Å². The van der Waals surface area contributed by atoms with Crippen molar-refractivity contribution in [3.05, 3.63) is 0 Å². The molecule has 1 saturated heterocycles. The third-order valence-electron chi connectivity index (χ3n) is 3.84. The molecule has 2 aliphatic rings. The van der Waals surface area contributed by atoms with Gasteiger partial charge in [0, 0.05) is 32.3 Å². The van der Waals surface area contributed by atoms with Crippen LogP contribution < -0.4 is 5.73 Å². The summed E-state index contributed by atoms with van der Waals surface area (Å²) in [6, 6.07) is 0.349. The van der Waals surface area contributed by atoms with Crippen molar-refractivity contribution in [3.8, 4) is 0 Å². The Kier molecular flexibility index (Phi) is 5.22. The van der Waals surface area contributed by atoms with Crippen LogP contribution in [0.15, 0.2) is 0 Å². The van der Waals surface area contributed by atoms with E-state index >= 15 is 0 Å². The summed E-state index contributed by atoms with van der Waals surface area (Å²) in [6.45, 7) is 4.28. The maximum absolute atomic E-state index is 5.85. The van der Waals surface area contributed by atoms with Gasteiger partial charge in [-0.15, -0.1) is 0 Å². The SMILES string of the molecule is CN(CCOCC1CC1)C(CN)C1CCCO1. The molecule has 0 radical (unpaired) electrons. The third-order valence-corrected chi connectivity index (χ3v) is 3.84. The van der Waals surface area contributed by atoms with Gasteiger partial charge in [-0.2, -0.15) is 0 Å². The van der Waals surface area contributed by atoms with Gasteiger partial charge >= 0.3 is 0 Å². The van der Waals surface area contributed by atoms with E-state index in [0.29, 0.717) is 18.7 Å². The van der Waals surface area contributed by atoms with E-state index in [0.717, 1.165) is 38.7 Å². The minimum absolute atomic E-state index is 0.327. The minimum Gasteiger partial charge on any atom is -0.380 e. The lowest BCUT2D eigenvalue weighted by atomic mass is 10.1. The molecule has 1 saturated carbocycles. The molecule has 2 unspecified atom stereocenters. The molecule has 0 aromatic rings. The van der Waals surface area contributed by atoms with E-state index in [9.17, 15) is 0 Å². The van der Waals surface area contributed by atoms with Crippen LogP contribution in [0, 0.1) is 5.92 Å². The van der Waals surface area contributed by atoms with Gasteiger partial charge in [0.05, 0.1) is 12.7 Å². The summed E-state index contributed by atoms with van der Waals surface area (Å²) in [4.78, 5) is 2.29. The molecule has 4 nitrogen and oxygen atoms in total. The normalized spacial score (nSPS) is 26.6. The van der Waals surface area contributed by atoms with Gasteiger partial charge in [-0.25, -0.2) is 0 Å². The quantitative estimate of drug-likeness (QED) is 0.641. The van der Waals surface area contributed by atoms with Gasteiger partial charge in [-0.1, -0.05) is 0 Å². The van der Waals surface area contributed by atoms with E-state index in [1.807, 2.05) is 0 Å². The lowest BCUT2D eigenvalue weighted by molar-refractivity contribution is 0.0225. The molecular formula is C13H26N2O2. The molecule has 0 spiro atoms. The first kappa shape index (κ1) is 13.3. The molecule has 2 fully saturated rings. The van der Waals surface area contributed by atoms with Crippen LogP contribution in [0.1, 0.15) is 25.7 Å². The number of nitrogens with two attached hydrogens (primary N) is 1. The lowest BCUT2D eigenvalue weighted by Gasteiger charge is -2.31. The smallest absolute Gasteiger partial charge is 0.0743 e. The first-order valence-electron chi connectivity index (χ1n) is 6.91. The zero-order chi connectivity index (χ0) is 12.1. The zero-order valence-electron chi connectivity index (χ0n) is 10.9. The van der Waals surface area contributed by atoms with Gasteiger partial charge in [0.2, 0.25) is 0 Å². The molecule has 4 heteroatoms. The van der Waals surface area contributed by atoms with Crippen molar-refractivity contribution in [2.24, 2.45) is 11.7 Å². The van der Waals surface area contributed by atoms with E-state index < -0.39 is 0 Å². The van der Waals surface area contributed by atoms with Crippen LogP contribution in [0.5, 0.6) is 0 Å². The number of hydrogen-bond acceptors (Lipinski definition) is 4. The minimum atomic E-state index is 0.327. The van der Waals surface area contributed by atoms with E-state index in [1.54, 1.807) is 0 Å². The summed E-state index contributed by atoms with van der Waals surface area (Å²) in [7, 11) is 2.12.